The van der Waals surface area contributed by atoms with Crippen molar-refractivity contribution in [3.05, 3.63) is 35.4 Å². The van der Waals surface area contributed by atoms with Crippen molar-refractivity contribution >= 4 is 6.08 Å². The molecular weight excluding hydrogens is 232 g/mol. The van der Waals surface area contributed by atoms with E-state index in [1.807, 2.05) is 12.1 Å². The van der Waals surface area contributed by atoms with Gasteiger partial charge >= 0.3 is 0 Å². The van der Waals surface area contributed by atoms with Gasteiger partial charge in [-0.2, -0.15) is 0 Å². The van der Waals surface area contributed by atoms with Gasteiger partial charge in [-0.1, -0.05) is 31.6 Å². The van der Waals surface area contributed by atoms with Crippen molar-refractivity contribution in [2.45, 2.75) is 44.9 Å². The first kappa shape index (κ1) is 11.6. The van der Waals surface area contributed by atoms with Gasteiger partial charge in [0.15, 0.2) is 0 Å². The fourth-order valence-corrected chi connectivity index (χ4v) is 5.08. The second kappa shape index (κ2) is 3.88. The summed E-state index contributed by atoms with van der Waals surface area (Å²) in [5.74, 6) is 2.70. The molecule has 3 aliphatic carbocycles. The number of phenols is 1. The molecule has 2 saturated carbocycles. The Morgan fingerprint density at radius 3 is 3.00 bits per heavy atom. The number of hydrogen-bond donors (Lipinski definition) is 1. The van der Waals surface area contributed by atoms with Crippen LogP contribution in [0.25, 0.3) is 6.08 Å². The summed E-state index contributed by atoms with van der Waals surface area (Å²) in [5, 5.41) is 9.64. The second-order valence-corrected chi connectivity index (χ2v) is 7.05. The van der Waals surface area contributed by atoms with E-state index in [4.69, 9.17) is 0 Å². The van der Waals surface area contributed by atoms with E-state index in [1.54, 1.807) is 0 Å². The summed E-state index contributed by atoms with van der Waals surface area (Å²) in [6, 6.07) is 5.94. The highest BCUT2D eigenvalue weighted by Crippen LogP contribution is 2.60. The molecule has 1 N–H and O–H groups in total. The van der Waals surface area contributed by atoms with Crippen molar-refractivity contribution in [3.8, 4) is 5.75 Å². The molecule has 0 bridgehead atoms. The SMILES string of the molecule is C[C@@]12CCC[C@H]1C1C=Cc3cc(O)ccc3C1CC2. The quantitative estimate of drug-likeness (QED) is 0.710. The average molecular weight is 254 g/mol. The largest absolute Gasteiger partial charge is 0.508 e. The van der Waals surface area contributed by atoms with Gasteiger partial charge in [0.25, 0.3) is 0 Å². The van der Waals surface area contributed by atoms with Gasteiger partial charge in [0, 0.05) is 0 Å². The number of benzene rings is 1. The van der Waals surface area contributed by atoms with Gasteiger partial charge in [-0.15, -0.1) is 0 Å². The molecule has 3 aliphatic rings. The molecule has 4 rings (SSSR count). The smallest absolute Gasteiger partial charge is 0.116 e. The molecule has 19 heavy (non-hydrogen) atoms. The van der Waals surface area contributed by atoms with E-state index in [1.165, 1.54) is 43.2 Å². The first-order valence-electron chi connectivity index (χ1n) is 7.68. The van der Waals surface area contributed by atoms with Crippen molar-refractivity contribution in [1.29, 1.82) is 0 Å². The van der Waals surface area contributed by atoms with Gasteiger partial charge in [0.1, 0.15) is 5.75 Å². The highest BCUT2D eigenvalue weighted by molar-refractivity contribution is 5.60. The number of allylic oxidation sites excluding steroid dienone is 1. The summed E-state index contributed by atoms with van der Waals surface area (Å²) in [6.07, 6.45) is 11.7. The topological polar surface area (TPSA) is 20.2 Å². The fourth-order valence-electron chi connectivity index (χ4n) is 5.08. The van der Waals surface area contributed by atoms with Gasteiger partial charge in [0.05, 0.1) is 0 Å². The molecule has 0 heterocycles. The predicted molar refractivity (Wildman–Crippen MR) is 78.1 cm³/mol. The normalized spacial score (nSPS) is 39.5. The first-order chi connectivity index (χ1) is 9.17. The van der Waals surface area contributed by atoms with Crippen LogP contribution in [0.1, 0.15) is 56.1 Å². The Morgan fingerprint density at radius 1 is 1.21 bits per heavy atom. The first-order valence-corrected chi connectivity index (χ1v) is 7.68. The minimum Gasteiger partial charge on any atom is -0.508 e. The average Bonchev–Trinajstić information content (AvgIpc) is 2.79. The highest BCUT2D eigenvalue weighted by atomic mass is 16.3. The summed E-state index contributed by atoms with van der Waals surface area (Å²) in [6.45, 7) is 2.51. The Kier molecular flexibility index (Phi) is 2.36. The molecule has 0 saturated heterocycles. The van der Waals surface area contributed by atoms with Gasteiger partial charge in [0.2, 0.25) is 0 Å². The maximum Gasteiger partial charge on any atom is 0.116 e. The van der Waals surface area contributed by atoms with Crippen LogP contribution in [0.3, 0.4) is 0 Å². The Balaban J connectivity index is 1.76. The van der Waals surface area contributed by atoms with E-state index in [-0.39, 0.29) is 0 Å². The molecule has 2 unspecified atom stereocenters. The summed E-state index contributed by atoms with van der Waals surface area (Å²) >= 11 is 0. The molecule has 1 aromatic carbocycles. The molecule has 0 aliphatic heterocycles. The lowest BCUT2D eigenvalue weighted by Crippen LogP contribution is -2.37. The van der Waals surface area contributed by atoms with Crippen molar-refractivity contribution < 1.29 is 5.11 Å². The minimum absolute atomic E-state index is 0.392. The molecule has 0 aromatic heterocycles. The Labute approximate surface area is 115 Å². The van der Waals surface area contributed by atoms with E-state index in [0.29, 0.717) is 17.1 Å². The van der Waals surface area contributed by atoms with Crippen LogP contribution in [0.4, 0.5) is 0 Å². The van der Waals surface area contributed by atoms with Crippen molar-refractivity contribution in [3.63, 3.8) is 0 Å². The summed E-state index contributed by atoms with van der Waals surface area (Å²) in [5.41, 5.74) is 3.31. The van der Waals surface area contributed by atoms with Crippen molar-refractivity contribution in [2.24, 2.45) is 17.3 Å². The molecule has 1 nitrogen and oxygen atoms in total. The molecule has 0 radical (unpaired) electrons. The molecule has 1 aromatic rings. The number of aromatic hydroxyl groups is 1. The van der Waals surface area contributed by atoms with Crippen LogP contribution in [0.15, 0.2) is 24.3 Å². The Bertz CT molecular complexity index is 545. The highest BCUT2D eigenvalue weighted by Gasteiger charge is 2.49. The number of hydrogen-bond acceptors (Lipinski definition) is 1. The standard InChI is InChI=1S/C18H22O/c1-18-9-2-3-17(18)16-6-4-12-11-13(19)5-7-14(12)15(16)8-10-18/h4-7,11,15-17,19H,2-3,8-10H2,1H3/t15?,16?,17-,18-/m0/s1. The Morgan fingerprint density at radius 2 is 2.11 bits per heavy atom. The van der Waals surface area contributed by atoms with Gasteiger partial charge < -0.3 is 5.11 Å². The van der Waals surface area contributed by atoms with Crippen LogP contribution in [-0.2, 0) is 0 Å². The molecule has 0 amide bonds. The third-order valence-electron chi connectivity index (χ3n) is 6.08. The third kappa shape index (κ3) is 1.60. The molecular formula is C18H22O. The third-order valence-corrected chi connectivity index (χ3v) is 6.08. The lowest BCUT2D eigenvalue weighted by Gasteiger charge is -2.47. The fraction of sp³-hybridized carbons (Fsp3) is 0.556. The van der Waals surface area contributed by atoms with E-state index < -0.39 is 0 Å². The molecule has 1 heteroatoms. The van der Waals surface area contributed by atoms with Crippen LogP contribution < -0.4 is 0 Å². The van der Waals surface area contributed by atoms with E-state index in [9.17, 15) is 5.11 Å². The van der Waals surface area contributed by atoms with Gasteiger partial charge in [-0.3, -0.25) is 0 Å². The number of rotatable bonds is 0. The van der Waals surface area contributed by atoms with Crippen LogP contribution in [0, 0.1) is 17.3 Å². The number of phenolic OH excluding ortho intramolecular Hbond substituents is 1. The van der Waals surface area contributed by atoms with Crippen LogP contribution in [0.5, 0.6) is 5.75 Å². The zero-order valence-corrected chi connectivity index (χ0v) is 11.6. The van der Waals surface area contributed by atoms with Crippen LogP contribution in [0.2, 0.25) is 0 Å². The van der Waals surface area contributed by atoms with E-state index >= 15 is 0 Å². The summed E-state index contributed by atoms with van der Waals surface area (Å²) in [7, 11) is 0. The lowest BCUT2D eigenvalue weighted by atomic mass is 9.57. The minimum atomic E-state index is 0.392. The maximum absolute atomic E-state index is 9.64. The maximum atomic E-state index is 9.64. The van der Waals surface area contributed by atoms with Crippen LogP contribution in [-0.4, -0.2) is 5.11 Å². The van der Waals surface area contributed by atoms with Crippen molar-refractivity contribution in [1.82, 2.24) is 0 Å². The predicted octanol–water partition coefficient (Wildman–Crippen LogP) is 4.72. The lowest BCUT2D eigenvalue weighted by molar-refractivity contribution is 0.0946. The Hall–Kier alpha value is -1.24. The van der Waals surface area contributed by atoms with Crippen LogP contribution >= 0.6 is 0 Å². The van der Waals surface area contributed by atoms with E-state index in [0.717, 1.165) is 11.8 Å². The van der Waals surface area contributed by atoms with Gasteiger partial charge in [-0.05, 0) is 72.1 Å². The number of fused-ring (bicyclic) bond motifs is 5. The summed E-state index contributed by atoms with van der Waals surface area (Å²) < 4.78 is 0. The van der Waals surface area contributed by atoms with Gasteiger partial charge in [-0.25, -0.2) is 0 Å². The summed E-state index contributed by atoms with van der Waals surface area (Å²) in [4.78, 5) is 0. The second-order valence-electron chi connectivity index (χ2n) is 7.05. The molecule has 100 valence electrons. The monoisotopic (exact) mass is 254 g/mol. The molecule has 2 fully saturated rings. The zero-order valence-electron chi connectivity index (χ0n) is 11.6. The van der Waals surface area contributed by atoms with Crippen molar-refractivity contribution in [2.75, 3.05) is 0 Å². The zero-order chi connectivity index (χ0) is 13.0. The van der Waals surface area contributed by atoms with E-state index in [2.05, 4.69) is 25.1 Å². The molecule has 0 spiro atoms. The molecule has 4 atom stereocenters.